The molecule has 18 heavy (non-hydrogen) atoms. The highest BCUT2D eigenvalue weighted by Gasteiger charge is 2.27. The van der Waals surface area contributed by atoms with E-state index in [2.05, 4.69) is 37.6 Å². The SMILES string of the molecule is CCCC(C)C(CN)N(C)CC1CCCN1CC. The molecular formula is C15H33N3. The maximum absolute atomic E-state index is 5.99. The highest BCUT2D eigenvalue weighted by Crippen LogP contribution is 2.20. The maximum atomic E-state index is 5.99. The maximum Gasteiger partial charge on any atom is 0.0241 e. The van der Waals surface area contributed by atoms with Gasteiger partial charge in [0.1, 0.15) is 0 Å². The minimum atomic E-state index is 0.546. The first kappa shape index (κ1) is 15.9. The van der Waals surface area contributed by atoms with Crippen molar-refractivity contribution in [1.82, 2.24) is 9.80 Å². The van der Waals surface area contributed by atoms with Crippen LogP contribution >= 0.6 is 0 Å². The van der Waals surface area contributed by atoms with E-state index in [9.17, 15) is 0 Å². The normalized spacial score (nSPS) is 24.7. The first-order valence-electron chi connectivity index (χ1n) is 7.78. The van der Waals surface area contributed by atoms with E-state index < -0.39 is 0 Å². The molecule has 1 rings (SSSR count). The molecule has 0 radical (unpaired) electrons. The topological polar surface area (TPSA) is 32.5 Å². The lowest BCUT2D eigenvalue weighted by Gasteiger charge is -2.35. The van der Waals surface area contributed by atoms with Crippen LogP contribution in [0.5, 0.6) is 0 Å². The fraction of sp³-hybridized carbons (Fsp3) is 1.00. The van der Waals surface area contributed by atoms with Crippen molar-refractivity contribution in [3.05, 3.63) is 0 Å². The van der Waals surface area contributed by atoms with E-state index in [0.29, 0.717) is 12.0 Å². The fourth-order valence-corrected chi connectivity index (χ4v) is 3.48. The lowest BCUT2D eigenvalue weighted by atomic mass is 9.95. The predicted octanol–water partition coefficient (Wildman–Crippen LogP) is 2.17. The van der Waals surface area contributed by atoms with Gasteiger partial charge in [0.25, 0.3) is 0 Å². The van der Waals surface area contributed by atoms with Crippen LogP contribution in [0.15, 0.2) is 0 Å². The van der Waals surface area contributed by atoms with E-state index in [4.69, 9.17) is 5.73 Å². The van der Waals surface area contributed by atoms with Gasteiger partial charge in [-0.25, -0.2) is 0 Å². The van der Waals surface area contributed by atoms with E-state index >= 15 is 0 Å². The van der Waals surface area contributed by atoms with Crippen molar-refractivity contribution >= 4 is 0 Å². The Labute approximate surface area is 114 Å². The molecule has 3 heteroatoms. The molecule has 108 valence electrons. The van der Waals surface area contributed by atoms with Crippen molar-refractivity contribution in [1.29, 1.82) is 0 Å². The Bertz CT molecular complexity index is 220. The predicted molar refractivity (Wildman–Crippen MR) is 79.8 cm³/mol. The van der Waals surface area contributed by atoms with E-state index in [1.54, 1.807) is 0 Å². The van der Waals surface area contributed by atoms with Crippen LogP contribution in [0.25, 0.3) is 0 Å². The second-order valence-electron chi connectivity index (χ2n) is 5.93. The van der Waals surface area contributed by atoms with Crippen LogP contribution in [-0.2, 0) is 0 Å². The Morgan fingerprint density at radius 2 is 2.11 bits per heavy atom. The summed E-state index contributed by atoms with van der Waals surface area (Å²) in [5.41, 5.74) is 5.99. The molecule has 0 aromatic carbocycles. The Hall–Kier alpha value is -0.120. The van der Waals surface area contributed by atoms with E-state index in [1.165, 1.54) is 45.3 Å². The first-order valence-corrected chi connectivity index (χ1v) is 7.78. The molecule has 0 saturated carbocycles. The Morgan fingerprint density at radius 3 is 2.67 bits per heavy atom. The Balaban J connectivity index is 2.48. The van der Waals surface area contributed by atoms with Gasteiger partial charge < -0.3 is 10.6 Å². The molecule has 3 atom stereocenters. The number of nitrogens with two attached hydrogens (primary N) is 1. The van der Waals surface area contributed by atoms with Crippen molar-refractivity contribution in [3.63, 3.8) is 0 Å². The van der Waals surface area contributed by atoms with Gasteiger partial charge in [-0.15, -0.1) is 0 Å². The third-order valence-corrected chi connectivity index (χ3v) is 4.61. The van der Waals surface area contributed by atoms with Crippen molar-refractivity contribution in [2.24, 2.45) is 11.7 Å². The second kappa shape index (κ2) is 8.13. The van der Waals surface area contributed by atoms with Gasteiger partial charge in [-0.05, 0) is 45.3 Å². The molecule has 3 unspecified atom stereocenters. The monoisotopic (exact) mass is 255 g/mol. The number of likely N-dealkylation sites (N-methyl/N-ethyl adjacent to an activating group) is 2. The third kappa shape index (κ3) is 4.22. The van der Waals surface area contributed by atoms with E-state index in [0.717, 1.165) is 12.6 Å². The summed E-state index contributed by atoms with van der Waals surface area (Å²) in [6, 6.07) is 1.30. The molecule has 1 aliphatic heterocycles. The molecule has 3 nitrogen and oxygen atoms in total. The van der Waals surface area contributed by atoms with Gasteiger partial charge in [0.15, 0.2) is 0 Å². The van der Waals surface area contributed by atoms with Gasteiger partial charge in [0.2, 0.25) is 0 Å². The largest absolute Gasteiger partial charge is 0.329 e. The van der Waals surface area contributed by atoms with Gasteiger partial charge in [-0.3, -0.25) is 4.90 Å². The summed E-state index contributed by atoms with van der Waals surface area (Å²) in [6.45, 7) is 11.3. The average Bonchev–Trinajstić information content (AvgIpc) is 2.77. The summed E-state index contributed by atoms with van der Waals surface area (Å²) < 4.78 is 0. The lowest BCUT2D eigenvalue weighted by molar-refractivity contribution is 0.133. The highest BCUT2D eigenvalue weighted by atomic mass is 15.2. The number of rotatable bonds is 8. The molecule has 1 aliphatic rings. The molecule has 0 aromatic heterocycles. The van der Waals surface area contributed by atoms with Crippen LogP contribution in [-0.4, -0.2) is 55.1 Å². The zero-order valence-electron chi connectivity index (χ0n) is 12.9. The Kier molecular flexibility index (Phi) is 7.20. The van der Waals surface area contributed by atoms with Crippen molar-refractivity contribution in [2.75, 3.05) is 33.2 Å². The minimum absolute atomic E-state index is 0.546. The van der Waals surface area contributed by atoms with Crippen LogP contribution in [0.4, 0.5) is 0 Å². The van der Waals surface area contributed by atoms with Gasteiger partial charge in [0, 0.05) is 25.2 Å². The Morgan fingerprint density at radius 1 is 1.39 bits per heavy atom. The van der Waals surface area contributed by atoms with Crippen LogP contribution in [0.2, 0.25) is 0 Å². The number of likely N-dealkylation sites (tertiary alicyclic amines) is 1. The van der Waals surface area contributed by atoms with Gasteiger partial charge >= 0.3 is 0 Å². The minimum Gasteiger partial charge on any atom is -0.329 e. The van der Waals surface area contributed by atoms with Crippen molar-refractivity contribution in [2.45, 2.75) is 58.5 Å². The van der Waals surface area contributed by atoms with E-state index in [1.807, 2.05) is 0 Å². The zero-order chi connectivity index (χ0) is 13.5. The smallest absolute Gasteiger partial charge is 0.0241 e. The average molecular weight is 255 g/mol. The third-order valence-electron chi connectivity index (χ3n) is 4.61. The molecule has 1 heterocycles. The van der Waals surface area contributed by atoms with Gasteiger partial charge in [0.05, 0.1) is 0 Å². The molecule has 1 saturated heterocycles. The summed E-state index contributed by atoms with van der Waals surface area (Å²) in [5.74, 6) is 0.710. The van der Waals surface area contributed by atoms with Crippen LogP contribution < -0.4 is 5.73 Å². The molecule has 0 bridgehead atoms. The molecule has 0 aromatic rings. The summed E-state index contributed by atoms with van der Waals surface area (Å²) in [6.07, 6.45) is 5.27. The fourth-order valence-electron chi connectivity index (χ4n) is 3.48. The molecule has 1 fully saturated rings. The molecule has 2 N–H and O–H groups in total. The zero-order valence-corrected chi connectivity index (χ0v) is 12.9. The van der Waals surface area contributed by atoms with Gasteiger partial charge in [-0.2, -0.15) is 0 Å². The van der Waals surface area contributed by atoms with Crippen molar-refractivity contribution < 1.29 is 0 Å². The molecular weight excluding hydrogens is 222 g/mol. The number of nitrogens with zero attached hydrogens (tertiary/aromatic N) is 2. The first-order chi connectivity index (χ1) is 8.63. The number of hydrogen-bond donors (Lipinski definition) is 1. The van der Waals surface area contributed by atoms with Gasteiger partial charge in [-0.1, -0.05) is 27.2 Å². The van der Waals surface area contributed by atoms with E-state index in [-0.39, 0.29) is 0 Å². The van der Waals surface area contributed by atoms with Crippen LogP contribution in [0.1, 0.15) is 46.5 Å². The second-order valence-corrected chi connectivity index (χ2v) is 5.93. The van der Waals surface area contributed by atoms with Crippen LogP contribution in [0, 0.1) is 5.92 Å². The summed E-state index contributed by atoms with van der Waals surface area (Å²) in [5, 5.41) is 0. The number of hydrogen-bond acceptors (Lipinski definition) is 3. The van der Waals surface area contributed by atoms with Crippen LogP contribution in [0.3, 0.4) is 0 Å². The van der Waals surface area contributed by atoms with Crippen molar-refractivity contribution in [3.8, 4) is 0 Å². The summed E-state index contributed by atoms with van der Waals surface area (Å²) >= 11 is 0. The molecule has 0 amide bonds. The highest BCUT2D eigenvalue weighted by molar-refractivity contribution is 4.84. The molecule has 0 spiro atoms. The quantitative estimate of drug-likeness (QED) is 0.721. The standard InChI is InChI=1S/C15H33N3/c1-5-8-13(3)15(11-16)17(4)12-14-9-7-10-18(14)6-2/h13-15H,5-12,16H2,1-4H3. The summed E-state index contributed by atoms with van der Waals surface area (Å²) in [7, 11) is 2.26. The molecule has 0 aliphatic carbocycles. The summed E-state index contributed by atoms with van der Waals surface area (Å²) in [4.78, 5) is 5.13. The lowest BCUT2D eigenvalue weighted by Crippen LogP contribution is -2.48.